The molecule has 0 atom stereocenters. The number of hydrogen-bond donors (Lipinski definition) is 0. The van der Waals surface area contributed by atoms with Crippen LogP contribution in [0, 0.1) is 0 Å². The smallest absolute Gasteiger partial charge is 0.150 e. The molecule has 0 saturated heterocycles. The molecule has 1 aromatic heterocycles. The highest BCUT2D eigenvalue weighted by Crippen LogP contribution is 2.33. The van der Waals surface area contributed by atoms with Gasteiger partial charge in [-0.25, -0.2) is 0 Å². The minimum Gasteiger partial charge on any atom is -1.00 e. The highest BCUT2D eigenvalue weighted by molar-refractivity contribution is 7.17. The van der Waals surface area contributed by atoms with Gasteiger partial charge in [-0.1, -0.05) is 12.1 Å². The Kier molecular flexibility index (Phi) is 3.55. The summed E-state index contributed by atoms with van der Waals surface area (Å²) in [6, 6.07) is 8.58. The van der Waals surface area contributed by atoms with Crippen LogP contribution in [0.3, 0.4) is 0 Å². The van der Waals surface area contributed by atoms with E-state index < -0.39 is 0 Å². The summed E-state index contributed by atoms with van der Waals surface area (Å²) in [5, 5.41) is 3.64. The Morgan fingerprint density at radius 3 is 2.36 bits per heavy atom. The normalized spacial score (nSPS) is 11.4. The van der Waals surface area contributed by atoms with Crippen molar-refractivity contribution in [1.82, 2.24) is 4.48 Å². The number of halogens is 1. The standard InChI is InChI=1S/C11H14NS.HI/c1-12(2,3)10-8-13-11-7-5-4-6-9(10)11;/h4-8H,1-3H3;1H/q+1;/p-1. The zero-order valence-electron chi connectivity index (χ0n) is 8.62. The van der Waals surface area contributed by atoms with E-state index in [9.17, 15) is 0 Å². The third-order valence-electron chi connectivity index (χ3n) is 2.18. The van der Waals surface area contributed by atoms with Gasteiger partial charge in [-0.05, 0) is 12.1 Å². The summed E-state index contributed by atoms with van der Waals surface area (Å²) in [5.74, 6) is 0. The van der Waals surface area contributed by atoms with E-state index in [0.717, 1.165) is 4.48 Å². The van der Waals surface area contributed by atoms with E-state index in [2.05, 4.69) is 50.8 Å². The summed E-state index contributed by atoms with van der Waals surface area (Å²) in [6.45, 7) is 0. The van der Waals surface area contributed by atoms with E-state index in [0.29, 0.717) is 0 Å². The molecule has 0 aliphatic carbocycles. The maximum atomic E-state index is 2.25. The summed E-state index contributed by atoms with van der Waals surface area (Å²) in [7, 11) is 6.61. The molecule has 0 fully saturated rings. The first-order chi connectivity index (χ1) is 6.09. The van der Waals surface area contributed by atoms with Crippen LogP contribution in [-0.4, -0.2) is 21.1 Å². The van der Waals surface area contributed by atoms with Crippen molar-refractivity contribution < 1.29 is 24.0 Å². The summed E-state index contributed by atoms with van der Waals surface area (Å²) in [5.41, 5.74) is 1.40. The van der Waals surface area contributed by atoms with Crippen LogP contribution in [0.15, 0.2) is 29.6 Å². The Morgan fingerprint density at radius 2 is 1.71 bits per heavy atom. The van der Waals surface area contributed by atoms with Gasteiger partial charge < -0.3 is 24.0 Å². The van der Waals surface area contributed by atoms with Crippen LogP contribution in [-0.2, 0) is 0 Å². The number of benzene rings is 1. The van der Waals surface area contributed by atoms with Gasteiger partial charge in [-0.3, -0.25) is 4.48 Å². The zero-order valence-corrected chi connectivity index (χ0v) is 11.6. The SMILES string of the molecule is C[N+](C)(C)c1csc2ccccc12.[I-]. The summed E-state index contributed by atoms with van der Waals surface area (Å²) in [6.07, 6.45) is 0. The molecule has 0 unspecified atom stereocenters. The third kappa shape index (κ3) is 2.10. The number of quaternary nitrogens is 1. The van der Waals surface area contributed by atoms with E-state index in [1.54, 1.807) is 0 Å². The highest BCUT2D eigenvalue weighted by Gasteiger charge is 2.16. The quantitative estimate of drug-likeness (QED) is 0.517. The van der Waals surface area contributed by atoms with Crippen molar-refractivity contribution in [3.63, 3.8) is 0 Å². The fraction of sp³-hybridized carbons (Fsp3) is 0.273. The van der Waals surface area contributed by atoms with Crippen molar-refractivity contribution in [3.8, 4) is 0 Å². The van der Waals surface area contributed by atoms with Gasteiger partial charge in [0, 0.05) is 4.70 Å². The van der Waals surface area contributed by atoms with Gasteiger partial charge in [0.25, 0.3) is 0 Å². The molecular formula is C11H14INS. The lowest BCUT2D eigenvalue weighted by Crippen LogP contribution is -3.00. The number of hydrogen-bond acceptors (Lipinski definition) is 1. The van der Waals surface area contributed by atoms with Crippen molar-refractivity contribution in [2.24, 2.45) is 0 Å². The molecule has 1 aromatic carbocycles. The molecule has 76 valence electrons. The fourth-order valence-electron chi connectivity index (χ4n) is 1.48. The third-order valence-corrected chi connectivity index (χ3v) is 3.13. The van der Waals surface area contributed by atoms with Crippen LogP contribution >= 0.6 is 11.3 Å². The van der Waals surface area contributed by atoms with Crippen LogP contribution in [0.2, 0.25) is 0 Å². The first-order valence-electron chi connectivity index (χ1n) is 4.37. The highest BCUT2D eigenvalue weighted by atomic mass is 127. The Bertz CT molecular complexity index is 428. The summed E-state index contributed by atoms with van der Waals surface area (Å²) < 4.78 is 2.27. The second-order valence-corrected chi connectivity index (χ2v) is 5.04. The Balaban J connectivity index is 0.000000980. The number of thiophene rings is 1. The first-order valence-corrected chi connectivity index (χ1v) is 5.25. The van der Waals surface area contributed by atoms with Gasteiger partial charge in [0.05, 0.1) is 31.9 Å². The summed E-state index contributed by atoms with van der Waals surface area (Å²) in [4.78, 5) is 0. The van der Waals surface area contributed by atoms with Crippen molar-refractivity contribution in [3.05, 3.63) is 29.6 Å². The van der Waals surface area contributed by atoms with E-state index >= 15 is 0 Å². The lowest BCUT2D eigenvalue weighted by Gasteiger charge is -2.22. The molecule has 3 heteroatoms. The van der Waals surface area contributed by atoms with Crippen LogP contribution < -0.4 is 28.5 Å². The average molecular weight is 319 g/mol. The first kappa shape index (κ1) is 11.9. The topological polar surface area (TPSA) is 0 Å². The number of nitrogens with zero attached hydrogens (tertiary/aromatic N) is 1. The minimum atomic E-state index is 0. The molecule has 1 heterocycles. The monoisotopic (exact) mass is 319 g/mol. The molecule has 14 heavy (non-hydrogen) atoms. The lowest BCUT2D eigenvalue weighted by atomic mass is 10.2. The second-order valence-electron chi connectivity index (χ2n) is 4.13. The molecule has 2 aromatic rings. The van der Waals surface area contributed by atoms with Gasteiger partial charge in [0.2, 0.25) is 0 Å². The molecule has 0 bridgehead atoms. The van der Waals surface area contributed by atoms with Crippen molar-refractivity contribution in [2.45, 2.75) is 0 Å². The molecule has 0 aliphatic heterocycles. The molecule has 0 amide bonds. The predicted molar refractivity (Wildman–Crippen MR) is 61.4 cm³/mol. The molecule has 0 spiro atoms. The predicted octanol–water partition coefficient (Wildman–Crippen LogP) is 0.102. The molecule has 0 saturated carbocycles. The van der Waals surface area contributed by atoms with Gasteiger partial charge in [-0.2, -0.15) is 0 Å². The van der Waals surface area contributed by atoms with E-state index in [-0.39, 0.29) is 24.0 Å². The van der Waals surface area contributed by atoms with E-state index in [1.807, 2.05) is 11.3 Å². The Labute approximate surface area is 106 Å². The summed E-state index contributed by atoms with van der Waals surface area (Å²) >= 11 is 1.83. The lowest BCUT2D eigenvalue weighted by molar-refractivity contribution is -0.00000278. The van der Waals surface area contributed by atoms with E-state index in [4.69, 9.17) is 0 Å². The maximum Gasteiger partial charge on any atom is 0.150 e. The number of fused-ring (bicyclic) bond motifs is 1. The van der Waals surface area contributed by atoms with Crippen molar-refractivity contribution in [2.75, 3.05) is 21.1 Å². The average Bonchev–Trinajstić information content (AvgIpc) is 2.45. The zero-order chi connectivity index (χ0) is 9.47. The Morgan fingerprint density at radius 1 is 1.07 bits per heavy atom. The fourth-order valence-corrected chi connectivity index (χ4v) is 2.62. The van der Waals surface area contributed by atoms with E-state index in [1.165, 1.54) is 15.8 Å². The van der Waals surface area contributed by atoms with Gasteiger partial charge in [-0.15, -0.1) is 11.3 Å². The van der Waals surface area contributed by atoms with Crippen molar-refractivity contribution in [1.29, 1.82) is 0 Å². The molecular weight excluding hydrogens is 305 g/mol. The van der Waals surface area contributed by atoms with Crippen LogP contribution in [0.25, 0.3) is 10.1 Å². The minimum absolute atomic E-state index is 0. The van der Waals surface area contributed by atoms with Crippen LogP contribution in [0.5, 0.6) is 0 Å². The molecule has 2 rings (SSSR count). The Hall–Kier alpha value is -0.130. The number of rotatable bonds is 1. The van der Waals surface area contributed by atoms with Crippen molar-refractivity contribution >= 4 is 27.1 Å². The molecule has 0 aliphatic rings. The second kappa shape index (κ2) is 4.16. The van der Waals surface area contributed by atoms with Gasteiger partial charge in [0.15, 0.2) is 5.69 Å². The molecule has 0 N–H and O–H groups in total. The molecule has 0 radical (unpaired) electrons. The molecule has 1 nitrogen and oxygen atoms in total. The van der Waals surface area contributed by atoms with Gasteiger partial charge >= 0.3 is 0 Å². The largest absolute Gasteiger partial charge is 1.00 e. The maximum absolute atomic E-state index is 2.25. The van der Waals surface area contributed by atoms with Crippen LogP contribution in [0.4, 0.5) is 5.69 Å². The van der Waals surface area contributed by atoms with Gasteiger partial charge in [0.1, 0.15) is 0 Å². The van der Waals surface area contributed by atoms with Crippen LogP contribution in [0.1, 0.15) is 0 Å².